The van der Waals surface area contributed by atoms with Gasteiger partial charge < -0.3 is 9.80 Å². The van der Waals surface area contributed by atoms with E-state index in [-0.39, 0.29) is 24.0 Å². The molecule has 0 amide bonds. The van der Waals surface area contributed by atoms with Crippen molar-refractivity contribution in [3.8, 4) is 5.69 Å². The summed E-state index contributed by atoms with van der Waals surface area (Å²) >= 11 is 0. The highest BCUT2D eigenvalue weighted by Crippen LogP contribution is 2.09. The standard InChI is InChI=1S/C14H20N6.HI/c1-18(2)14(19(3)4)15-10-13-17-16-11-20(13)12-8-6-5-7-9-12;/h5-9,11H,10H2,1-4H3;1H. The second-order valence-electron chi connectivity index (χ2n) is 4.86. The molecule has 0 bridgehead atoms. The number of nitrogens with zero attached hydrogens (tertiary/aromatic N) is 6. The van der Waals surface area contributed by atoms with E-state index in [2.05, 4.69) is 15.2 Å². The van der Waals surface area contributed by atoms with Gasteiger partial charge in [0.1, 0.15) is 12.9 Å². The van der Waals surface area contributed by atoms with Gasteiger partial charge in [-0.15, -0.1) is 34.2 Å². The van der Waals surface area contributed by atoms with E-state index >= 15 is 0 Å². The number of halogens is 1. The molecule has 0 spiro atoms. The van der Waals surface area contributed by atoms with Gasteiger partial charge in [0.15, 0.2) is 11.8 Å². The number of rotatable bonds is 3. The van der Waals surface area contributed by atoms with E-state index in [1.165, 1.54) is 0 Å². The van der Waals surface area contributed by atoms with Crippen LogP contribution in [0.15, 0.2) is 41.7 Å². The van der Waals surface area contributed by atoms with Crippen molar-refractivity contribution in [3.63, 3.8) is 0 Å². The molecule has 0 aliphatic heterocycles. The van der Waals surface area contributed by atoms with E-state index in [1.54, 1.807) is 6.33 Å². The fraction of sp³-hybridized carbons (Fsp3) is 0.357. The number of aliphatic imine (C=N–C) groups is 1. The van der Waals surface area contributed by atoms with Crippen molar-refractivity contribution < 1.29 is 0 Å². The molecule has 7 heteroatoms. The predicted octanol–water partition coefficient (Wildman–Crippen LogP) is 1.86. The summed E-state index contributed by atoms with van der Waals surface area (Å²) < 4.78 is 1.95. The first-order chi connectivity index (χ1) is 9.59. The third-order valence-electron chi connectivity index (χ3n) is 2.81. The minimum Gasteiger partial charge on any atom is -0.349 e. The molecule has 2 rings (SSSR count). The number of hydrogen-bond donors (Lipinski definition) is 0. The zero-order valence-electron chi connectivity index (χ0n) is 12.8. The van der Waals surface area contributed by atoms with Gasteiger partial charge in [0.05, 0.1) is 0 Å². The van der Waals surface area contributed by atoms with Crippen molar-refractivity contribution in [3.05, 3.63) is 42.5 Å². The third-order valence-corrected chi connectivity index (χ3v) is 2.81. The summed E-state index contributed by atoms with van der Waals surface area (Å²) in [7, 11) is 7.89. The Labute approximate surface area is 142 Å². The van der Waals surface area contributed by atoms with Crippen LogP contribution in [-0.4, -0.2) is 58.7 Å². The smallest absolute Gasteiger partial charge is 0.195 e. The second kappa shape index (κ2) is 7.96. The van der Waals surface area contributed by atoms with Crippen molar-refractivity contribution >= 4 is 29.9 Å². The summed E-state index contributed by atoms with van der Waals surface area (Å²) in [5.74, 6) is 1.71. The van der Waals surface area contributed by atoms with E-state index in [0.29, 0.717) is 6.54 Å². The van der Waals surface area contributed by atoms with E-state index < -0.39 is 0 Å². The quantitative estimate of drug-likeness (QED) is 0.449. The summed E-state index contributed by atoms with van der Waals surface area (Å²) in [6.45, 7) is 0.487. The molecule has 0 atom stereocenters. The normalized spacial score (nSPS) is 9.71. The molecule has 21 heavy (non-hydrogen) atoms. The van der Waals surface area contributed by atoms with E-state index in [0.717, 1.165) is 17.5 Å². The first-order valence-electron chi connectivity index (χ1n) is 6.43. The lowest BCUT2D eigenvalue weighted by Crippen LogP contribution is -2.35. The summed E-state index contributed by atoms with van der Waals surface area (Å²) in [6.07, 6.45) is 1.71. The summed E-state index contributed by atoms with van der Waals surface area (Å²) in [5, 5.41) is 8.13. The molecule has 1 aromatic carbocycles. The zero-order valence-corrected chi connectivity index (χ0v) is 15.1. The lowest BCUT2D eigenvalue weighted by atomic mass is 10.3. The van der Waals surface area contributed by atoms with E-state index in [1.807, 2.05) is 72.9 Å². The average Bonchev–Trinajstić information content (AvgIpc) is 2.87. The summed E-state index contributed by atoms with van der Waals surface area (Å²) in [4.78, 5) is 8.55. The van der Waals surface area contributed by atoms with Gasteiger partial charge in [-0.25, -0.2) is 4.99 Å². The monoisotopic (exact) mass is 400 g/mol. The average molecular weight is 400 g/mol. The van der Waals surface area contributed by atoms with Gasteiger partial charge in [-0.1, -0.05) is 18.2 Å². The fourth-order valence-corrected chi connectivity index (χ4v) is 2.00. The van der Waals surface area contributed by atoms with Gasteiger partial charge in [-0.2, -0.15) is 0 Å². The lowest BCUT2D eigenvalue weighted by molar-refractivity contribution is 0.478. The van der Waals surface area contributed by atoms with Crippen molar-refractivity contribution in [2.45, 2.75) is 6.54 Å². The van der Waals surface area contributed by atoms with Crippen LogP contribution in [0.1, 0.15) is 5.82 Å². The Bertz CT molecular complexity index is 566. The van der Waals surface area contributed by atoms with Crippen LogP contribution in [0, 0.1) is 0 Å². The highest BCUT2D eigenvalue weighted by molar-refractivity contribution is 14.0. The third kappa shape index (κ3) is 4.42. The number of para-hydroxylation sites is 1. The van der Waals surface area contributed by atoms with Crippen LogP contribution in [0.2, 0.25) is 0 Å². The van der Waals surface area contributed by atoms with Gasteiger partial charge in [-0.3, -0.25) is 4.57 Å². The first-order valence-corrected chi connectivity index (χ1v) is 6.43. The first kappa shape index (κ1) is 17.4. The van der Waals surface area contributed by atoms with Crippen molar-refractivity contribution in [1.82, 2.24) is 24.6 Å². The van der Waals surface area contributed by atoms with Crippen LogP contribution in [0.25, 0.3) is 5.69 Å². The molecular formula is C14H21IN6. The molecule has 0 radical (unpaired) electrons. The molecule has 0 N–H and O–H groups in total. The Morgan fingerprint density at radius 1 is 1.10 bits per heavy atom. The molecule has 1 aromatic heterocycles. The maximum Gasteiger partial charge on any atom is 0.195 e. The van der Waals surface area contributed by atoms with Gasteiger partial charge in [0, 0.05) is 33.9 Å². The van der Waals surface area contributed by atoms with Crippen LogP contribution in [0.4, 0.5) is 0 Å². The topological polar surface area (TPSA) is 49.6 Å². The fourth-order valence-electron chi connectivity index (χ4n) is 2.00. The highest BCUT2D eigenvalue weighted by Gasteiger charge is 2.08. The van der Waals surface area contributed by atoms with Crippen LogP contribution >= 0.6 is 24.0 Å². The maximum atomic E-state index is 4.60. The number of aromatic nitrogens is 3. The van der Waals surface area contributed by atoms with Crippen LogP contribution in [-0.2, 0) is 6.54 Å². The van der Waals surface area contributed by atoms with Gasteiger partial charge in [-0.05, 0) is 12.1 Å². The largest absolute Gasteiger partial charge is 0.349 e. The SMILES string of the molecule is CN(C)C(=NCc1nncn1-c1ccccc1)N(C)C.I. The van der Waals surface area contributed by atoms with Crippen molar-refractivity contribution in [2.75, 3.05) is 28.2 Å². The molecule has 114 valence electrons. The maximum absolute atomic E-state index is 4.60. The van der Waals surface area contributed by atoms with Crippen LogP contribution < -0.4 is 0 Å². The molecule has 0 fully saturated rings. The lowest BCUT2D eigenvalue weighted by Gasteiger charge is -2.22. The predicted molar refractivity (Wildman–Crippen MR) is 95.3 cm³/mol. The van der Waals surface area contributed by atoms with E-state index in [9.17, 15) is 0 Å². The van der Waals surface area contributed by atoms with Crippen molar-refractivity contribution in [2.24, 2.45) is 4.99 Å². The zero-order chi connectivity index (χ0) is 14.5. The molecule has 1 heterocycles. The Morgan fingerprint density at radius 2 is 1.71 bits per heavy atom. The Kier molecular flexibility index (Phi) is 6.60. The molecule has 6 nitrogen and oxygen atoms in total. The molecule has 0 saturated carbocycles. The molecular weight excluding hydrogens is 379 g/mol. The van der Waals surface area contributed by atoms with Gasteiger partial charge >= 0.3 is 0 Å². The molecule has 0 aliphatic carbocycles. The minimum absolute atomic E-state index is 0. The minimum atomic E-state index is 0. The second-order valence-corrected chi connectivity index (χ2v) is 4.86. The summed E-state index contributed by atoms with van der Waals surface area (Å²) in [5.41, 5.74) is 1.04. The molecule has 0 unspecified atom stereocenters. The number of guanidine groups is 1. The molecule has 0 saturated heterocycles. The Morgan fingerprint density at radius 3 is 2.29 bits per heavy atom. The van der Waals surface area contributed by atoms with E-state index in [4.69, 9.17) is 0 Å². The number of benzene rings is 1. The number of hydrogen-bond acceptors (Lipinski definition) is 3. The van der Waals surface area contributed by atoms with Crippen LogP contribution in [0.5, 0.6) is 0 Å². The van der Waals surface area contributed by atoms with Crippen LogP contribution in [0.3, 0.4) is 0 Å². The molecule has 0 aliphatic rings. The Hall–Kier alpha value is -1.64. The summed E-state index contributed by atoms with van der Waals surface area (Å²) in [6, 6.07) is 10.0. The van der Waals surface area contributed by atoms with Gasteiger partial charge in [0.2, 0.25) is 0 Å². The highest BCUT2D eigenvalue weighted by atomic mass is 127. The Balaban J connectivity index is 0.00000220. The molecule has 2 aromatic rings. The van der Waals surface area contributed by atoms with Crippen molar-refractivity contribution in [1.29, 1.82) is 0 Å². The van der Waals surface area contributed by atoms with Gasteiger partial charge in [0.25, 0.3) is 0 Å².